The number of nitrogens with one attached hydrogen (secondary N) is 1. The lowest BCUT2D eigenvalue weighted by Crippen LogP contribution is -2.23. The van der Waals surface area contributed by atoms with Crippen molar-refractivity contribution in [1.29, 1.82) is 0 Å². The van der Waals surface area contributed by atoms with E-state index in [4.69, 9.17) is 4.74 Å². The minimum atomic E-state index is -4.41. The molecule has 0 saturated carbocycles. The third kappa shape index (κ3) is 3.25. The van der Waals surface area contributed by atoms with Crippen molar-refractivity contribution in [2.24, 2.45) is 0 Å². The van der Waals surface area contributed by atoms with Crippen LogP contribution in [0.15, 0.2) is 42.5 Å². The van der Waals surface area contributed by atoms with Crippen LogP contribution < -0.4 is 10.1 Å². The maximum absolute atomic E-state index is 12.9. The van der Waals surface area contributed by atoms with Gasteiger partial charge >= 0.3 is 6.18 Å². The molecular formula is C17H16F3NO. The average molecular weight is 307 g/mol. The monoisotopic (exact) mass is 307 g/mol. The highest BCUT2D eigenvalue weighted by Crippen LogP contribution is 2.36. The van der Waals surface area contributed by atoms with Crippen molar-refractivity contribution in [3.05, 3.63) is 64.7 Å². The Morgan fingerprint density at radius 3 is 2.68 bits per heavy atom. The summed E-state index contributed by atoms with van der Waals surface area (Å²) < 4.78 is 44.1. The van der Waals surface area contributed by atoms with E-state index in [1.165, 1.54) is 23.3 Å². The van der Waals surface area contributed by atoms with Crippen LogP contribution in [0.3, 0.4) is 0 Å². The molecule has 0 saturated heterocycles. The first-order chi connectivity index (χ1) is 10.5. The Balaban J connectivity index is 1.76. The third-order valence-corrected chi connectivity index (χ3v) is 3.74. The standard InChI is InChI=1S/C17H16F3NO/c18-17(19,20)15-3-1-2-4-16(15)22-11-12-5-6-13-7-8-21-10-14(13)9-12/h1-6,9,21H,7-8,10-11H2. The van der Waals surface area contributed by atoms with Crippen LogP contribution >= 0.6 is 0 Å². The molecule has 2 nitrogen and oxygen atoms in total. The molecule has 0 bridgehead atoms. The number of fused-ring (bicyclic) bond motifs is 1. The summed E-state index contributed by atoms with van der Waals surface area (Å²) in [5.74, 6) is -0.133. The summed E-state index contributed by atoms with van der Waals surface area (Å²) in [7, 11) is 0. The molecule has 0 atom stereocenters. The zero-order valence-corrected chi connectivity index (χ0v) is 11.9. The number of ether oxygens (including phenoxy) is 1. The Hall–Kier alpha value is -2.01. The van der Waals surface area contributed by atoms with E-state index in [-0.39, 0.29) is 12.4 Å². The molecule has 3 rings (SSSR count). The summed E-state index contributed by atoms with van der Waals surface area (Å²) in [5.41, 5.74) is 2.61. The van der Waals surface area contributed by atoms with Gasteiger partial charge in [0.05, 0.1) is 5.56 Å². The van der Waals surface area contributed by atoms with E-state index in [9.17, 15) is 13.2 Å². The third-order valence-electron chi connectivity index (χ3n) is 3.74. The van der Waals surface area contributed by atoms with Crippen LogP contribution in [0, 0.1) is 0 Å². The Kier molecular flexibility index (Phi) is 4.07. The quantitative estimate of drug-likeness (QED) is 0.927. The van der Waals surface area contributed by atoms with Crippen molar-refractivity contribution in [2.75, 3.05) is 6.54 Å². The fourth-order valence-corrected chi connectivity index (χ4v) is 2.61. The molecule has 116 valence electrons. The van der Waals surface area contributed by atoms with Crippen LogP contribution in [-0.4, -0.2) is 6.54 Å². The summed E-state index contributed by atoms with van der Waals surface area (Å²) in [6.45, 7) is 1.88. The Morgan fingerprint density at radius 2 is 1.86 bits per heavy atom. The molecular weight excluding hydrogens is 291 g/mol. The first kappa shape index (κ1) is 14.9. The maximum Gasteiger partial charge on any atom is 0.419 e. The highest BCUT2D eigenvalue weighted by molar-refractivity contribution is 5.37. The second kappa shape index (κ2) is 6.01. The van der Waals surface area contributed by atoms with E-state index >= 15 is 0 Å². The van der Waals surface area contributed by atoms with Gasteiger partial charge in [-0.1, -0.05) is 30.3 Å². The molecule has 0 radical (unpaired) electrons. The fourth-order valence-electron chi connectivity index (χ4n) is 2.61. The summed E-state index contributed by atoms with van der Waals surface area (Å²) in [4.78, 5) is 0. The molecule has 0 fully saturated rings. The number of alkyl halides is 3. The molecule has 2 aromatic rings. The number of rotatable bonds is 3. The van der Waals surface area contributed by atoms with E-state index in [0.717, 1.165) is 31.1 Å². The summed E-state index contributed by atoms with van der Waals surface area (Å²) >= 11 is 0. The van der Waals surface area contributed by atoms with Gasteiger partial charge in [0, 0.05) is 6.54 Å². The fraction of sp³-hybridized carbons (Fsp3) is 0.294. The molecule has 1 N–H and O–H groups in total. The predicted octanol–water partition coefficient (Wildman–Crippen LogP) is 3.93. The van der Waals surface area contributed by atoms with Gasteiger partial charge in [-0.3, -0.25) is 0 Å². The highest BCUT2D eigenvalue weighted by Gasteiger charge is 2.33. The van der Waals surface area contributed by atoms with Gasteiger partial charge in [-0.05, 0) is 41.8 Å². The Morgan fingerprint density at radius 1 is 1.05 bits per heavy atom. The molecule has 0 unspecified atom stereocenters. The maximum atomic E-state index is 12.9. The van der Waals surface area contributed by atoms with Gasteiger partial charge in [0.1, 0.15) is 12.4 Å². The lowest BCUT2D eigenvalue weighted by atomic mass is 9.99. The van der Waals surface area contributed by atoms with Crippen LogP contribution in [-0.2, 0) is 25.7 Å². The van der Waals surface area contributed by atoms with Gasteiger partial charge in [0.25, 0.3) is 0 Å². The molecule has 1 aliphatic rings. The van der Waals surface area contributed by atoms with Crippen molar-refractivity contribution >= 4 is 0 Å². The van der Waals surface area contributed by atoms with Crippen molar-refractivity contribution in [2.45, 2.75) is 25.7 Å². The van der Waals surface area contributed by atoms with Crippen molar-refractivity contribution in [3.63, 3.8) is 0 Å². The molecule has 0 spiro atoms. The van der Waals surface area contributed by atoms with E-state index < -0.39 is 11.7 Å². The van der Waals surface area contributed by atoms with Gasteiger partial charge in [-0.2, -0.15) is 13.2 Å². The van der Waals surface area contributed by atoms with Gasteiger partial charge in [-0.25, -0.2) is 0 Å². The molecule has 22 heavy (non-hydrogen) atoms. The first-order valence-electron chi connectivity index (χ1n) is 7.14. The SMILES string of the molecule is FC(F)(F)c1ccccc1OCc1ccc2c(c1)CNCC2. The van der Waals surface area contributed by atoms with E-state index in [1.54, 1.807) is 6.07 Å². The zero-order valence-electron chi connectivity index (χ0n) is 11.9. The van der Waals surface area contributed by atoms with Gasteiger partial charge in [0.15, 0.2) is 0 Å². The van der Waals surface area contributed by atoms with Crippen molar-refractivity contribution < 1.29 is 17.9 Å². The molecule has 1 aliphatic heterocycles. The smallest absolute Gasteiger partial charge is 0.419 e. The summed E-state index contributed by atoms with van der Waals surface area (Å²) in [6.07, 6.45) is -3.43. The highest BCUT2D eigenvalue weighted by atomic mass is 19.4. The molecule has 0 aliphatic carbocycles. The Bertz CT molecular complexity index is 667. The molecule has 2 aromatic carbocycles. The van der Waals surface area contributed by atoms with Crippen molar-refractivity contribution in [3.8, 4) is 5.75 Å². The predicted molar refractivity (Wildman–Crippen MR) is 77.6 cm³/mol. The Labute approximate surface area is 126 Å². The lowest BCUT2D eigenvalue weighted by molar-refractivity contribution is -0.139. The zero-order chi connectivity index (χ0) is 15.6. The molecule has 5 heteroatoms. The second-order valence-electron chi connectivity index (χ2n) is 5.31. The number of hydrogen-bond donors (Lipinski definition) is 1. The van der Waals surface area contributed by atoms with Crippen LogP contribution in [0.4, 0.5) is 13.2 Å². The summed E-state index contributed by atoms with van der Waals surface area (Å²) in [6, 6.07) is 11.2. The number of para-hydroxylation sites is 1. The lowest BCUT2D eigenvalue weighted by Gasteiger charge is -2.18. The van der Waals surface area contributed by atoms with Crippen LogP contribution in [0.2, 0.25) is 0 Å². The number of hydrogen-bond acceptors (Lipinski definition) is 2. The summed E-state index contributed by atoms with van der Waals surface area (Å²) in [5, 5.41) is 3.28. The van der Waals surface area contributed by atoms with Gasteiger partial charge < -0.3 is 10.1 Å². The normalized spacial score (nSPS) is 14.5. The number of halogens is 3. The minimum absolute atomic E-state index is 0.125. The first-order valence-corrected chi connectivity index (χ1v) is 7.14. The van der Waals surface area contributed by atoms with Crippen LogP contribution in [0.25, 0.3) is 0 Å². The average Bonchev–Trinajstić information content (AvgIpc) is 2.52. The van der Waals surface area contributed by atoms with E-state index in [2.05, 4.69) is 5.32 Å². The van der Waals surface area contributed by atoms with E-state index in [0.29, 0.717) is 0 Å². The van der Waals surface area contributed by atoms with Crippen molar-refractivity contribution in [1.82, 2.24) is 5.32 Å². The minimum Gasteiger partial charge on any atom is -0.488 e. The molecule has 1 heterocycles. The van der Waals surface area contributed by atoms with E-state index in [1.807, 2.05) is 18.2 Å². The van der Waals surface area contributed by atoms with Gasteiger partial charge in [0.2, 0.25) is 0 Å². The molecule has 0 amide bonds. The van der Waals surface area contributed by atoms with Gasteiger partial charge in [-0.15, -0.1) is 0 Å². The topological polar surface area (TPSA) is 21.3 Å². The van der Waals surface area contributed by atoms with Crippen LogP contribution in [0.1, 0.15) is 22.3 Å². The number of benzene rings is 2. The molecule has 0 aromatic heterocycles. The van der Waals surface area contributed by atoms with Crippen LogP contribution in [0.5, 0.6) is 5.75 Å². The second-order valence-corrected chi connectivity index (χ2v) is 5.31. The largest absolute Gasteiger partial charge is 0.488 e.